The molecule has 0 aliphatic rings. The number of nitriles is 1. The van der Waals surface area contributed by atoms with Crippen molar-refractivity contribution in [1.82, 2.24) is 14.8 Å². The van der Waals surface area contributed by atoms with Gasteiger partial charge in [0.15, 0.2) is 0 Å². The van der Waals surface area contributed by atoms with Gasteiger partial charge >= 0.3 is 0 Å². The molecule has 19 heavy (non-hydrogen) atoms. The van der Waals surface area contributed by atoms with Crippen LogP contribution in [0.15, 0.2) is 18.3 Å². The highest BCUT2D eigenvalue weighted by atomic mass is 15.2. The Balaban J connectivity index is 2.05. The molecule has 0 aliphatic carbocycles. The molecule has 0 saturated carbocycles. The molecule has 2 aromatic rings. The molecule has 2 heterocycles. The van der Waals surface area contributed by atoms with Crippen LogP contribution in [0.25, 0.3) is 0 Å². The largest absolute Gasteiger partial charge is 0.369 e. The fraction of sp³-hybridized carbons (Fsp3) is 0.357. The van der Waals surface area contributed by atoms with Crippen molar-refractivity contribution in [3.8, 4) is 6.07 Å². The van der Waals surface area contributed by atoms with Gasteiger partial charge in [-0.2, -0.15) is 10.4 Å². The van der Waals surface area contributed by atoms with Crippen molar-refractivity contribution >= 4 is 5.82 Å². The highest BCUT2D eigenvalue weighted by molar-refractivity contribution is 5.56. The van der Waals surface area contributed by atoms with Gasteiger partial charge in [-0.3, -0.25) is 4.68 Å². The second-order valence-corrected chi connectivity index (χ2v) is 4.57. The number of anilines is 1. The highest BCUT2D eigenvalue weighted by Crippen LogP contribution is 2.17. The topological polar surface area (TPSA) is 66.5 Å². The summed E-state index contributed by atoms with van der Waals surface area (Å²) < 4.78 is 1.78. The van der Waals surface area contributed by atoms with Crippen molar-refractivity contribution in [3.63, 3.8) is 0 Å². The van der Waals surface area contributed by atoms with Crippen LogP contribution in [0, 0.1) is 25.2 Å². The number of hydrogen-bond acceptors (Lipinski definition) is 4. The summed E-state index contributed by atoms with van der Waals surface area (Å²) in [4.78, 5) is 4.38. The molecule has 0 bridgehead atoms. The van der Waals surface area contributed by atoms with Gasteiger partial charge in [0.05, 0.1) is 11.3 Å². The summed E-state index contributed by atoms with van der Waals surface area (Å²) in [5.41, 5.74) is 3.51. The van der Waals surface area contributed by atoms with Crippen LogP contribution >= 0.6 is 0 Å². The third-order valence-electron chi connectivity index (χ3n) is 2.90. The number of pyridine rings is 1. The molecule has 1 N–H and O–H groups in total. The fourth-order valence-electron chi connectivity index (χ4n) is 2.01. The first-order valence-electron chi connectivity index (χ1n) is 6.21. The van der Waals surface area contributed by atoms with Crippen LogP contribution in [0.4, 0.5) is 5.82 Å². The quantitative estimate of drug-likeness (QED) is 0.907. The van der Waals surface area contributed by atoms with Gasteiger partial charge in [-0.1, -0.05) is 0 Å². The smallest absolute Gasteiger partial charge is 0.144 e. The molecular formula is C14H17N5. The van der Waals surface area contributed by atoms with Gasteiger partial charge in [-0.05, 0) is 31.5 Å². The zero-order chi connectivity index (χ0) is 13.8. The van der Waals surface area contributed by atoms with E-state index < -0.39 is 0 Å². The molecule has 0 unspecified atom stereocenters. The van der Waals surface area contributed by atoms with Gasteiger partial charge in [-0.25, -0.2) is 4.98 Å². The molecule has 5 heteroatoms. The predicted molar refractivity (Wildman–Crippen MR) is 73.8 cm³/mol. The average Bonchev–Trinajstić information content (AvgIpc) is 2.74. The van der Waals surface area contributed by atoms with Crippen LogP contribution in [0.3, 0.4) is 0 Å². The fourth-order valence-corrected chi connectivity index (χ4v) is 2.01. The van der Waals surface area contributed by atoms with Gasteiger partial charge in [0, 0.05) is 31.9 Å². The van der Waals surface area contributed by atoms with E-state index in [9.17, 15) is 0 Å². The minimum Gasteiger partial charge on any atom is -0.369 e. The molecule has 98 valence electrons. The summed E-state index contributed by atoms with van der Waals surface area (Å²) in [5, 5.41) is 16.7. The van der Waals surface area contributed by atoms with Crippen molar-refractivity contribution in [2.45, 2.75) is 20.3 Å². The van der Waals surface area contributed by atoms with E-state index in [0.29, 0.717) is 17.9 Å². The maximum atomic E-state index is 9.16. The zero-order valence-electron chi connectivity index (χ0n) is 11.4. The Bertz CT molecular complexity index is 621. The summed E-state index contributed by atoms with van der Waals surface area (Å²) in [6.45, 7) is 4.57. The van der Waals surface area contributed by atoms with Crippen molar-refractivity contribution in [2.24, 2.45) is 7.05 Å². The summed E-state index contributed by atoms with van der Waals surface area (Å²) in [7, 11) is 1.90. The number of nitrogens with one attached hydrogen (secondary N) is 1. The van der Waals surface area contributed by atoms with Crippen LogP contribution < -0.4 is 5.32 Å². The lowest BCUT2D eigenvalue weighted by molar-refractivity contribution is 0.742. The van der Waals surface area contributed by atoms with Crippen LogP contribution in [-0.4, -0.2) is 21.3 Å². The third kappa shape index (κ3) is 3.10. The Hall–Kier alpha value is -2.35. The number of aryl methyl sites for hydroxylation is 3. The average molecular weight is 255 g/mol. The SMILES string of the molecule is Cc1cc(C)c(C#N)c(NCCc2ccn(C)n2)n1. The van der Waals surface area contributed by atoms with Gasteiger partial charge in [-0.15, -0.1) is 0 Å². The number of rotatable bonds is 4. The molecule has 5 nitrogen and oxygen atoms in total. The van der Waals surface area contributed by atoms with E-state index in [1.54, 1.807) is 4.68 Å². The molecule has 0 aromatic carbocycles. The molecule has 0 amide bonds. The number of nitrogens with zero attached hydrogens (tertiary/aromatic N) is 4. The van der Waals surface area contributed by atoms with Crippen LogP contribution in [0.2, 0.25) is 0 Å². The Morgan fingerprint density at radius 1 is 1.42 bits per heavy atom. The Kier molecular flexibility index (Phi) is 3.81. The standard InChI is InChI=1S/C14H17N5/c1-10-8-11(2)17-14(13(10)9-15)16-6-4-12-5-7-19(3)18-12/h5,7-8H,4,6H2,1-3H3,(H,16,17). The monoisotopic (exact) mass is 255 g/mol. The molecule has 0 radical (unpaired) electrons. The minimum atomic E-state index is 0.617. The molecule has 2 aromatic heterocycles. The summed E-state index contributed by atoms with van der Waals surface area (Å²) >= 11 is 0. The first-order valence-corrected chi connectivity index (χ1v) is 6.21. The van der Waals surface area contributed by atoms with Gasteiger partial charge < -0.3 is 5.32 Å². The van der Waals surface area contributed by atoms with Gasteiger partial charge in [0.1, 0.15) is 11.9 Å². The maximum absolute atomic E-state index is 9.16. The Morgan fingerprint density at radius 2 is 2.21 bits per heavy atom. The lowest BCUT2D eigenvalue weighted by Crippen LogP contribution is -2.09. The van der Waals surface area contributed by atoms with E-state index in [-0.39, 0.29) is 0 Å². The minimum absolute atomic E-state index is 0.617. The zero-order valence-corrected chi connectivity index (χ0v) is 11.4. The first-order chi connectivity index (χ1) is 9.10. The molecule has 0 aliphatic heterocycles. The summed E-state index contributed by atoms with van der Waals surface area (Å²) in [5.74, 6) is 0.663. The normalized spacial score (nSPS) is 10.2. The van der Waals surface area contributed by atoms with E-state index in [0.717, 1.165) is 23.4 Å². The second kappa shape index (κ2) is 5.53. The van der Waals surface area contributed by atoms with Crippen LogP contribution in [0.5, 0.6) is 0 Å². The van der Waals surface area contributed by atoms with E-state index in [1.165, 1.54) is 0 Å². The molecular weight excluding hydrogens is 238 g/mol. The first kappa shape index (κ1) is 13.1. The van der Waals surface area contributed by atoms with E-state index >= 15 is 0 Å². The lowest BCUT2D eigenvalue weighted by Gasteiger charge is -2.09. The number of aromatic nitrogens is 3. The highest BCUT2D eigenvalue weighted by Gasteiger charge is 2.08. The molecule has 0 fully saturated rings. The lowest BCUT2D eigenvalue weighted by atomic mass is 10.1. The summed E-state index contributed by atoms with van der Waals surface area (Å²) in [6, 6.07) is 6.11. The van der Waals surface area contributed by atoms with Crippen molar-refractivity contribution in [3.05, 3.63) is 40.8 Å². The maximum Gasteiger partial charge on any atom is 0.144 e. The van der Waals surface area contributed by atoms with E-state index in [2.05, 4.69) is 21.5 Å². The van der Waals surface area contributed by atoms with Crippen molar-refractivity contribution < 1.29 is 0 Å². The van der Waals surface area contributed by atoms with Crippen LogP contribution in [0.1, 0.15) is 22.5 Å². The molecule has 0 spiro atoms. The van der Waals surface area contributed by atoms with E-state index in [1.807, 2.05) is 39.2 Å². The predicted octanol–water partition coefficient (Wildman–Crippen LogP) is 1.96. The summed E-state index contributed by atoms with van der Waals surface area (Å²) in [6.07, 6.45) is 2.73. The van der Waals surface area contributed by atoms with Gasteiger partial charge in [0.25, 0.3) is 0 Å². The Labute approximate surface area is 112 Å². The van der Waals surface area contributed by atoms with Gasteiger partial charge in [0.2, 0.25) is 0 Å². The molecule has 0 saturated heterocycles. The van der Waals surface area contributed by atoms with Crippen LogP contribution in [-0.2, 0) is 13.5 Å². The molecule has 0 atom stereocenters. The Morgan fingerprint density at radius 3 is 2.84 bits per heavy atom. The third-order valence-corrected chi connectivity index (χ3v) is 2.90. The molecule has 2 rings (SSSR count). The number of hydrogen-bond donors (Lipinski definition) is 1. The van der Waals surface area contributed by atoms with E-state index in [4.69, 9.17) is 5.26 Å². The van der Waals surface area contributed by atoms with Crippen molar-refractivity contribution in [1.29, 1.82) is 5.26 Å². The second-order valence-electron chi connectivity index (χ2n) is 4.57. The van der Waals surface area contributed by atoms with Crippen molar-refractivity contribution in [2.75, 3.05) is 11.9 Å².